The van der Waals surface area contributed by atoms with Crippen LogP contribution in [0, 0.1) is 0 Å². The molecule has 0 bridgehead atoms. The summed E-state index contributed by atoms with van der Waals surface area (Å²) in [5.41, 5.74) is 7.97. The van der Waals surface area contributed by atoms with Gasteiger partial charge in [0.25, 0.3) is 0 Å². The van der Waals surface area contributed by atoms with Crippen molar-refractivity contribution in [2.24, 2.45) is 0 Å². The lowest BCUT2D eigenvalue weighted by Gasteiger charge is -2.12. The molecule has 0 amide bonds. The number of H-pyrrole nitrogens is 1. The van der Waals surface area contributed by atoms with Gasteiger partial charge in [-0.05, 0) is 30.3 Å². The fraction of sp³-hybridized carbons (Fsp3) is 0.0556. The minimum atomic E-state index is 0.346. The van der Waals surface area contributed by atoms with E-state index in [9.17, 15) is 0 Å². The second-order valence-electron chi connectivity index (χ2n) is 5.60. The summed E-state index contributed by atoms with van der Waals surface area (Å²) in [5.74, 6) is 1.93. The number of rotatable bonds is 4. The second-order valence-corrected chi connectivity index (χ2v) is 6.41. The van der Waals surface area contributed by atoms with Crippen LogP contribution in [0.4, 0.5) is 5.82 Å². The van der Waals surface area contributed by atoms with Gasteiger partial charge in [0.05, 0.1) is 28.2 Å². The van der Waals surface area contributed by atoms with Crippen molar-refractivity contribution < 1.29 is 9.47 Å². The van der Waals surface area contributed by atoms with E-state index in [-0.39, 0.29) is 0 Å². The molecule has 0 fully saturated rings. The van der Waals surface area contributed by atoms with E-state index in [1.54, 1.807) is 31.4 Å². The minimum absolute atomic E-state index is 0.346. The zero-order chi connectivity index (χ0) is 19.0. The maximum absolute atomic E-state index is 6.04. The molecule has 0 unspecified atom stereocenters. The number of aromatic amines is 1. The molecule has 3 N–H and O–H groups in total. The zero-order valence-corrected chi connectivity index (χ0v) is 15.5. The first kappa shape index (κ1) is 17.4. The Bertz CT molecular complexity index is 1150. The fourth-order valence-corrected chi connectivity index (χ4v) is 2.95. The predicted molar refractivity (Wildman–Crippen MR) is 105 cm³/mol. The van der Waals surface area contributed by atoms with Crippen molar-refractivity contribution in [2.45, 2.75) is 0 Å². The largest absolute Gasteiger partial charge is 0.493 e. The Morgan fingerprint density at radius 1 is 1.00 bits per heavy atom. The van der Waals surface area contributed by atoms with Crippen molar-refractivity contribution >= 4 is 40.1 Å². The number of hydrogen-bond donors (Lipinski definition) is 2. The van der Waals surface area contributed by atoms with Gasteiger partial charge < -0.3 is 15.2 Å². The third-order valence-corrected chi connectivity index (χ3v) is 4.69. The normalized spacial score (nSPS) is 10.9. The van der Waals surface area contributed by atoms with Gasteiger partial charge in [0, 0.05) is 11.6 Å². The molecule has 2 aromatic carbocycles. The molecule has 2 heterocycles. The first-order valence-corrected chi connectivity index (χ1v) is 8.58. The molecule has 27 heavy (non-hydrogen) atoms. The van der Waals surface area contributed by atoms with Gasteiger partial charge in [-0.25, -0.2) is 9.97 Å². The maximum Gasteiger partial charge on any atom is 0.186 e. The predicted octanol–water partition coefficient (Wildman–Crippen LogP) is 4.71. The van der Waals surface area contributed by atoms with Gasteiger partial charge in [-0.15, -0.1) is 0 Å². The van der Waals surface area contributed by atoms with E-state index in [2.05, 4.69) is 20.2 Å². The van der Waals surface area contributed by atoms with Crippen LogP contribution in [0.3, 0.4) is 0 Å². The van der Waals surface area contributed by atoms with E-state index in [1.165, 1.54) is 6.33 Å². The van der Waals surface area contributed by atoms with Gasteiger partial charge in [0.2, 0.25) is 0 Å². The smallest absolute Gasteiger partial charge is 0.186 e. The van der Waals surface area contributed by atoms with Crippen molar-refractivity contribution in [1.29, 1.82) is 0 Å². The van der Waals surface area contributed by atoms with Crippen molar-refractivity contribution in [3.8, 4) is 28.5 Å². The molecule has 0 aliphatic rings. The molecule has 4 rings (SSSR count). The van der Waals surface area contributed by atoms with Crippen LogP contribution >= 0.6 is 23.2 Å². The van der Waals surface area contributed by atoms with E-state index in [0.29, 0.717) is 49.8 Å². The Kier molecular flexibility index (Phi) is 4.47. The number of ether oxygens (including phenoxy) is 2. The van der Waals surface area contributed by atoms with Crippen LogP contribution < -0.4 is 15.2 Å². The molecule has 0 saturated heterocycles. The zero-order valence-electron chi connectivity index (χ0n) is 14.0. The lowest BCUT2D eigenvalue weighted by Crippen LogP contribution is -1.94. The number of nitrogens with two attached hydrogens (primary N) is 1. The molecule has 0 spiro atoms. The quantitative estimate of drug-likeness (QED) is 0.513. The average Bonchev–Trinajstić information content (AvgIpc) is 3.10. The van der Waals surface area contributed by atoms with Gasteiger partial charge in [-0.1, -0.05) is 23.2 Å². The van der Waals surface area contributed by atoms with Crippen LogP contribution in [0.2, 0.25) is 10.0 Å². The number of halogens is 2. The Morgan fingerprint density at radius 3 is 2.63 bits per heavy atom. The van der Waals surface area contributed by atoms with Gasteiger partial charge in [0.1, 0.15) is 17.9 Å². The van der Waals surface area contributed by atoms with Gasteiger partial charge in [-0.3, -0.25) is 5.10 Å². The number of nitrogens with one attached hydrogen (secondary N) is 1. The first-order chi connectivity index (χ1) is 13.1. The molecule has 0 saturated carbocycles. The van der Waals surface area contributed by atoms with Gasteiger partial charge >= 0.3 is 0 Å². The molecule has 0 aliphatic carbocycles. The summed E-state index contributed by atoms with van der Waals surface area (Å²) in [7, 11) is 1.56. The third-order valence-electron chi connectivity index (χ3n) is 3.95. The molecular formula is C18H13Cl2N5O2. The Labute approximate surface area is 164 Å². The number of fused-ring (bicyclic) bond motifs is 1. The monoisotopic (exact) mass is 401 g/mol. The van der Waals surface area contributed by atoms with E-state index >= 15 is 0 Å². The Balaban J connectivity index is 1.73. The Hall–Kier alpha value is -3.03. The molecule has 0 atom stereocenters. The number of benzene rings is 2. The summed E-state index contributed by atoms with van der Waals surface area (Å²) in [5, 5.41) is 8.62. The summed E-state index contributed by atoms with van der Waals surface area (Å²) in [6, 6.07) is 10.5. The van der Waals surface area contributed by atoms with E-state index in [4.69, 9.17) is 38.4 Å². The SMILES string of the molecule is COc1cc(-c2[nH]nc3ncnc(N)c23)ccc1Oc1ccc(Cl)c(Cl)c1. The number of nitrogens with zero attached hydrogens (tertiary/aromatic N) is 3. The van der Waals surface area contributed by atoms with E-state index < -0.39 is 0 Å². The minimum Gasteiger partial charge on any atom is -0.493 e. The van der Waals surface area contributed by atoms with Gasteiger partial charge in [-0.2, -0.15) is 5.10 Å². The van der Waals surface area contributed by atoms with Crippen molar-refractivity contribution in [3.63, 3.8) is 0 Å². The highest BCUT2D eigenvalue weighted by molar-refractivity contribution is 6.42. The highest BCUT2D eigenvalue weighted by Gasteiger charge is 2.15. The van der Waals surface area contributed by atoms with E-state index in [0.717, 1.165) is 5.56 Å². The van der Waals surface area contributed by atoms with Gasteiger partial charge in [0.15, 0.2) is 17.1 Å². The molecular weight excluding hydrogens is 389 g/mol. The summed E-state index contributed by atoms with van der Waals surface area (Å²) in [4.78, 5) is 8.13. The molecule has 0 aliphatic heterocycles. The lowest BCUT2D eigenvalue weighted by atomic mass is 10.1. The maximum atomic E-state index is 6.04. The Morgan fingerprint density at radius 2 is 1.85 bits per heavy atom. The number of hydrogen-bond acceptors (Lipinski definition) is 6. The summed E-state index contributed by atoms with van der Waals surface area (Å²) >= 11 is 12.0. The fourth-order valence-electron chi connectivity index (χ4n) is 2.66. The number of nitrogen functional groups attached to an aromatic ring is 1. The second kappa shape index (κ2) is 6.94. The van der Waals surface area contributed by atoms with Crippen molar-refractivity contribution in [3.05, 3.63) is 52.8 Å². The van der Waals surface area contributed by atoms with Crippen LogP contribution in [-0.4, -0.2) is 27.3 Å². The molecule has 136 valence electrons. The lowest BCUT2D eigenvalue weighted by molar-refractivity contribution is 0.379. The number of methoxy groups -OCH3 is 1. The van der Waals surface area contributed by atoms with Crippen LogP contribution in [0.1, 0.15) is 0 Å². The molecule has 0 radical (unpaired) electrons. The average molecular weight is 402 g/mol. The summed E-state index contributed by atoms with van der Waals surface area (Å²) in [6.07, 6.45) is 1.37. The summed E-state index contributed by atoms with van der Waals surface area (Å²) in [6.45, 7) is 0. The topological polar surface area (TPSA) is 98.9 Å². The molecule has 9 heteroatoms. The van der Waals surface area contributed by atoms with E-state index in [1.807, 2.05) is 12.1 Å². The van der Waals surface area contributed by atoms with Crippen LogP contribution in [0.5, 0.6) is 17.2 Å². The molecule has 7 nitrogen and oxygen atoms in total. The van der Waals surface area contributed by atoms with Crippen molar-refractivity contribution in [1.82, 2.24) is 20.2 Å². The first-order valence-electron chi connectivity index (χ1n) is 7.82. The molecule has 2 aromatic heterocycles. The van der Waals surface area contributed by atoms with Crippen LogP contribution in [0.15, 0.2) is 42.7 Å². The molecule has 4 aromatic rings. The van der Waals surface area contributed by atoms with Crippen LogP contribution in [0.25, 0.3) is 22.3 Å². The highest BCUT2D eigenvalue weighted by atomic mass is 35.5. The highest BCUT2D eigenvalue weighted by Crippen LogP contribution is 2.38. The number of anilines is 1. The van der Waals surface area contributed by atoms with Crippen molar-refractivity contribution in [2.75, 3.05) is 12.8 Å². The standard InChI is InChI=1S/C18H13Cl2N5O2/c1-26-14-6-9(16-15-17(21)22-8-23-18(15)25-24-16)2-5-13(14)27-10-3-4-11(19)12(20)7-10/h2-8H,1H3,(H3,21,22,23,24,25). The number of aromatic nitrogens is 4. The summed E-state index contributed by atoms with van der Waals surface area (Å²) < 4.78 is 11.3. The third kappa shape index (κ3) is 3.22. The van der Waals surface area contributed by atoms with Crippen LogP contribution in [-0.2, 0) is 0 Å².